The van der Waals surface area contributed by atoms with Crippen molar-refractivity contribution in [1.29, 1.82) is 0 Å². The van der Waals surface area contributed by atoms with Gasteiger partial charge in [-0.15, -0.1) is 0 Å². The van der Waals surface area contributed by atoms with Gasteiger partial charge < -0.3 is 4.74 Å². The molecule has 2 rings (SSSR count). The third-order valence-corrected chi connectivity index (χ3v) is 4.22. The zero-order valence-corrected chi connectivity index (χ0v) is 14.6. The first-order valence-corrected chi connectivity index (χ1v) is 8.19. The van der Waals surface area contributed by atoms with E-state index < -0.39 is 0 Å². The lowest BCUT2D eigenvalue weighted by Gasteiger charge is -2.41. The number of hydrogen-bond acceptors (Lipinski definition) is 2. The van der Waals surface area contributed by atoms with Gasteiger partial charge in [-0.1, -0.05) is 12.1 Å². The fraction of sp³-hybridized carbons (Fsp3) is 0.684. The number of nitrogens with zero attached hydrogens (tertiary/aromatic N) is 1. The van der Waals surface area contributed by atoms with Crippen LogP contribution in [0.2, 0.25) is 0 Å². The quantitative estimate of drug-likeness (QED) is 0.772. The van der Waals surface area contributed by atoms with Gasteiger partial charge in [0.1, 0.15) is 11.4 Å². The monoisotopic (exact) mass is 289 g/mol. The summed E-state index contributed by atoms with van der Waals surface area (Å²) in [6.07, 6.45) is 2.52. The minimum absolute atomic E-state index is 0.125. The van der Waals surface area contributed by atoms with Crippen LogP contribution < -0.4 is 4.74 Å². The summed E-state index contributed by atoms with van der Waals surface area (Å²) in [7, 11) is 0. The van der Waals surface area contributed by atoms with Crippen molar-refractivity contribution in [3.8, 4) is 5.75 Å². The van der Waals surface area contributed by atoms with Gasteiger partial charge in [0.2, 0.25) is 0 Å². The third-order valence-electron chi connectivity index (χ3n) is 4.22. The minimum atomic E-state index is -0.125. The SMILES string of the molecule is CC(C)(C)Oc1ccc(C2CCN(C(C)(C)C)CC2)cc1. The molecule has 21 heavy (non-hydrogen) atoms. The summed E-state index contributed by atoms with van der Waals surface area (Å²) in [5, 5.41) is 0. The predicted octanol–water partition coefficient (Wildman–Crippen LogP) is 4.84. The van der Waals surface area contributed by atoms with Crippen LogP contribution in [0.3, 0.4) is 0 Å². The predicted molar refractivity (Wildman–Crippen MR) is 90.1 cm³/mol. The molecule has 2 nitrogen and oxygen atoms in total. The average Bonchev–Trinajstić information content (AvgIpc) is 2.37. The summed E-state index contributed by atoms with van der Waals surface area (Å²) in [4.78, 5) is 2.60. The first-order chi connectivity index (χ1) is 9.65. The van der Waals surface area contributed by atoms with Crippen LogP contribution in [0.15, 0.2) is 24.3 Å². The van der Waals surface area contributed by atoms with Crippen molar-refractivity contribution in [3.05, 3.63) is 29.8 Å². The van der Waals surface area contributed by atoms with Gasteiger partial charge in [0.15, 0.2) is 0 Å². The van der Waals surface area contributed by atoms with Crippen LogP contribution in [0.1, 0.15) is 65.9 Å². The highest BCUT2D eigenvalue weighted by molar-refractivity contribution is 5.30. The van der Waals surface area contributed by atoms with E-state index in [2.05, 4.69) is 70.7 Å². The highest BCUT2D eigenvalue weighted by Gasteiger charge is 2.27. The normalized spacial score (nSPS) is 18.8. The molecule has 0 aromatic heterocycles. The maximum Gasteiger partial charge on any atom is 0.120 e. The summed E-state index contributed by atoms with van der Waals surface area (Å²) in [6.45, 7) is 15.6. The van der Waals surface area contributed by atoms with Crippen molar-refractivity contribution in [3.63, 3.8) is 0 Å². The van der Waals surface area contributed by atoms with Crippen molar-refractivity contribution in [1.82, 2.24) is 4.90 Å². The molecule has 2 heteroatoms. The van der Waals surface area contributed by atoms with Crippen LogP contribution in [0.25, 0.3) is 0 Å². The molecule has 0 amide bonds. The highest BCUT2D eigenvalue weighted by atomic mass is 16.5. The van der Waals surface area contributed by atoms with Crippen LogP contribution in [-0.4, -0.2) is 29.1 Å². The van der Waals surface area contributed by atoms with E-state index in [0.717, 1.165) is 5.75 Å². The summed E-state index contributed by atoms with van der Waals surface area (Å²) < 4.78 is 5.90. The van der Waals surface area contributed by atoms with E-state index >= 15 is 0 Å². The van der Waals surface area contributed by atoms with Crippen molar-refractivity contribution in [2.45, 2.75) is 71.4 Å². The van der Waals surface area contributed by atoms with Crippen LogP contribution in [0.4, 0.5) is 0 Å². The Bertz CT molecular complexity index is 442. The number of piperidine rings is 1. The first kappa shape index (κ1) is 16.4. The van der Waals surface area contributed by atoms with Crippen LogP contribution in [-0.2, 0) is 0 Å². The largest absolute Gasteiger partial charge is 0.488 e. The topological polar surface area (TPSA) is 12.5 Å². The van der Waals surface area contributed by atoms with E-state index in [9.17, 15) is 0 Å². The molecule has 0 saturated carbocycles. The molecule has 0 spiro atoms. The molecule has 1 saturated heterocycles. The van der Waals surface area contributed by atoms with E-state index in [1.54, 1.807) is 0 Å². The fourth-order valence-corrected chi connectivity index (χ4v) is 3.05. The van der Waals surface area contributed by atoms with Gasteiger partial charge in [-0.2, -0.15) is 0 Å². The van der Waals surface area contributed by atoms with Gasteiger partial charge in [0, 0.05) is 5.54 Å². The third kappa shape index (κ3) is 4.74. The number of benzene rings is 1. The van der Waals surface area contributed by atoms with Crippen LogP contribution >= 0.6 is 0 Å². The molecule has 1 aliphatic rings. The summed E-state index contributed by atoms with van der Waals surface area (Å²) in [5.74, 6) is 1.67. The van der Waals surface area contributed by atoms with Gasteiger partial charge in [-0.3, -0.25) is 4.90 Å². The fourth-order valence-electron chi connectivity index (χ4n) is 3.05. The smallest absolute Gasteiger partial charge is 0.120 e. The number of ether oxygens (including phenoxy) is 1. The highest BCUT2D eigenvalue weighted by Crippen LogP contribution is 2.32. The Morgan fingerprint density at radius 1 is 0.905 bits per heavy atom. The maximum absolute atomic E-state index is 5.90. The second-order valence-electron chi connectivity index (χ2n) is 8.22. The van der Waals surface area contributed by atoms with Gasteiger partial charge in [-0.05, 0) is 91.1 Å². The number of likely N-dealkylation sites (tertiary alicyclic amines) is 1. The van der Waals surface area contributed by atoms with Crippen molar-refractivity contribution >= 4 is 0 Å². The average molecular weight is 289 g/mol. The summed E-state index contributed by atoms with van der Waals surface area (Å²) in [6, 6.07) is 8.74. The zero-order chi connectivity index (χ0) is 15.7. The standard InChI is InChI=1S/C19H31NO/c1-18(2,3)20-13-11-16(12-14-20)15-7-9-17(10-8-15)21-19(4,5)6/h7-10,16H,11-14H2,1-6H3. The Labute approximate surface area is 130 Å². The molecule has 0 atom stereocenters. The Morgan fingerprint density at radius 2 is 1.43 bits per heavy atom. The maximum atomic E-state index is 5.90. The van der Waals surface area contributed by atoms with Crippen molar-refractivity contribution < 1.29 is 4.74 Å². The molecule has 0 bridgehead atoms. The Balaban J connectivity index is 1.95. The molecule has 1 fully saturated rings. The molecule has 0 N–H and O–H groups in total. The summed E-state index contributed by atoms with van der Waals surface area (Å²) >= 11 is 0. The van der Waals surface area contributed by atoms with Gasteiger partial charge in [0.25, 0.3) is 0 Å². The molecular formula is C19H31NO. The van der Waals surface area contributed by atoms with Gasteiger partial charge in [0.05, 0.1) is 0 Å². The Hall–Kier alpha value is -1.02. The molecule has 1 aromatic carbocycles. The molecule has 1 aromatic rings. The first-order valence-electron chi connectivity index (χ1n) is 8.19. The molecular weight excluding hydrogens is 258 g/mol. The van der Waals surface area contributed by atoms with E-state index in [4.69, 9.17) is 4.74 Å². The van der Waals surface area contributed by atoms with E-state index in [1.165, 1.54) is 31.5 Å². The minimum Gasteiger partial charge on any atom is -0.488 e. The van der Waals surface area contributed by atoms with Crippen LogP contribution in [0.5, 0.6) is 5.75 Å². The zero-order valence-electron chi connectivity index (χ0n) is 14.6. The molecule has 0 unspecified atom stereocenters. The van der Waals surface area contributed by atoms with Crippen molar-refractivity contribution in [2.24, 2.45) is 0 Å². The lowest BCUT2D eigenvalue weighted by atomic mass is 9.87. The molecule has 0 radical (unpaired) electrons. The lowest BCUT2D eigenvalue weighted by Crippen LogP contribution is -2.45. The summed E-state index contributed by atoms with van der Waals surface area (Å²) in [5.41, 5.74) is 1.64. The number of rotatable bonds is 2. The molecule has 0 aliphatic carbocycles. The van der Waals surface area contributed by atoms with E-state index in [1.807, 2.05) is 0 Å². The molecule has 1 heterocycles. The van der Waals surface area contributed by atoms with Crippen LogP contribution in [0, 0.1) is 0 Å². The molecule has 1 aliphatic heterocycles. The second kappa shape index (κ2) is 6.00. The lowest BCUT2D eigenvalue weighted by molar-refractivity contribution is 0.102. The Morgan fingerprint density at radius 3 is 1.86 bits per heavy atom. The van der Waals surface area contributed by atoms with E-state index in [-0.39, 0.29) is 5.60 Å². The Kier molecular flexibility index (Phi) is 4.67. The number of hydrogen-bond donors (Lipinski definition) is 0. The van der Waals surface area contributed by atoms with E-state index in [0.29, 0.717) is 11.5 Å². The van der Waals surface area contributed by atoms with Gasteiger partial charge >= 0.3 is 0 Å². The van der Waals surface area contributed by atoms with Gasteiger partial charge in [-0.25, -0.2) is 0 Å². The van der Waals surface area contributed by atoms with Crippen molar-refractivity contribution in [2.75, 3.05) is 13.1 Å². The second-order valence-corrected chi connectivity index (χ2v) is 8.22. The molecule has 118 valence electrons.